The number of phenolic OH excluding ortho intramolecular Hbond substituents is 2. The predicted octanol–water partition coefficient (Wildman–Crippen LogP) is -0.0250. The van der Waals surface area contributed by atoms with E-state index in [1.807, 2.05) is 0 Å². The number of phenols is 2. The first-order valence-electron chi connectivity index (χ1n) is 5.91. The number of benzene rings is 1. The molecule has 106 valence electrons. The highest BCUT2D eigenvalue weighted by atomic mass is 16.3. The van der Waals surface area contributed by atoms with Gasteiger partial charge in [0.05, 0.1) is 5.56 Å². The fourth-order valence-electron chi connectivity index (χ4n) is 1.95. The number of imide groups is 1. The van der Waals surface area contributed by atoms with E-state index >= 15 is 0 Å². The standard InChI is InChI=1S/C13H14N2O5/c1-13(2)12(20)14-10(18)6-15(13)11(19)8-5-7(16)3-4-9(8)17/h3-5,16-17H,6H2,1-2H3,(H,14,18,20). The second kappa shape index (κ2) is 4.52. The highest BCUT2D eigenvalue weighted by molar-refractivity contribution is 6.09. The minimum absolute atomic E-state index is 0.166. The quantitative estimate of drug-likeness (QED) is 0.494. The monoisotopic (exact) mass is 278 g/mol. The normalized spacial score (nSPS) is 17.8. The lowest BCUT2D eigenvalue weighted by atomic mass is 9.97. The van der Waals surface area contributed by atoms with Crippen LogP contribution < -0.4 is 5.32 Å². The Balaban J connectivity index is 2.43. The van der Waals surface area contributed by atoms with E-state index in [9.17, 15) is 24.6 Å². The van der Waals surface area contributed by atoms with Crippen molar-refractivity contribution < 1.29 is 24.6 Å². The number of carbonyl (C=O) groups is 3. The van der Waals surface area contributed by atoms with Gasteiger partial charge in [0, 0.05) is 0 Å². The topological polar surface area (TPSA) is 107 Å². The zero-order valence-electron chi connectivity index (χ0n) is 11.0. The third kappa shape index (κ3) is 2.18. The number of aromatic hydroxyl groups is 2. The summed E-state index contributed by atoms with van der Waals surface area (Å²) in [7, 11) is 0. The average molecular weight is 278 g/mol. The van der Waals surface area contributed by atoms with Crippen molar-refractivity contribution in [3.8, 4) is 11.5 Å². The van der Waals surface area contributed by atoms with Gasteiger partial charge in [-0.1, -0.05) is 0 Å². The summed E-state index contributed by atoms with van der Waals surface area (Å²) in [6.07, 6.45) is 0. The fraction of sp³-hybridized carbons (Fsp3) is 0.308. The number of nitrogens with zero attached hydrogens (tertiary/aromatic N) is 1. The van der Waals surface area contributed by atoms with Crippen LogP contribution in [0.25, 0.3) is 0 Å². The molecule has 1 aliphatic rings. The maximum atomic E-state index is 12.4. The minimum atomic E-state index is -1.23. The summed E-state index contributed by atoms with van der Waals surface area (Å²) in [5.41, 5.74) is -1.40. The molecule has 3 amide bonds. The molecule has 0 saturated carbocycles. The molecule has 1 aliphatic heterocycles. The lowest BCUT2D eigenvalue weighted by molar-refractivity contribution is -0.143. The van der Waals surface area contributed by atoms with E-state index in [2.05, 4.69) is 5.32 Å². The van der Waals surface area contributed by atoms with E-state index in [-0.39, 0.29) is 23.6 Å². The number of nitrogens with one attached hydrogen (secondary N) is 1. The summed E-state index contributed by atoms with van der Waals surface area (Å²) in [6, 6.07) is 3.48. The van der Waals surface area contributed by atoms with Gasteiger partial charge in [0.25, 0.3) is 11.8 Å². The molecule has 0 unspecified atom stereocenters. The number of hydrogen-bond donors (Lipinski definition) is 3. The molecule has 1 saturated heterocycles. The van der Waals surface area contributed by atoms with Gasteiger partial charge in [0.15, 0.2) is 0 Å². The predicted molar refractivity (Wildman–Crippen MR) is 68.0 cm³/mol. The van der Waals surface area contributed by atoms with Crippen LogP contribution in [0.1, 0.15) is 24.2 Å². The van der Waals surface area contributed by atoms with Crippen molar-refractivity contribution >= 4 is 17.7 Å². The Kier molecular flexibility index (Phi) is 3.13. The Hall–Kier alpha value is -2.57. The van der Waals surface area contributed by atoms with Crippen molar-refractivity contribution in [2.75, 3.05) is 6.54 Å². The van der Waals surface area contributed by atoms with Gasteiger partial charge < -0.3 is 15.1 Å². The van der Waals surface area contributed by atoms with Gasteiger partial charge in [-0.15, -0.1) is 0 Å². The molecule has 7 heteroatoms. The van der Waals surface area contributed by atoms with E-state index in [0.717, 1.165) is 11.0 Å². The molecule has 0 bridgehead atoms. The molecule has 1 fully saturated rings. The number of piperazine rings is 1. The minimum Gasteiger partial charge on any atom is -0.508 e. The molecule has 1 aromatic carbocycles. The van der Waals surface area contributed by atoms with Crippen molar-refractivity contribution in [2.24, 2.45) is 0 Å². The van der Waals surface area contributed by atoms with Gasteiger partial charge in [0.1, 0.15) is 23.6 Å². The Bertz CT molecular complexity index is 609. The summed E-state index contributed by atoms with van der Waals surface area (Å²) >= 11 is 0. The van der Waals surface area contributed by atoms with Crippen LogP contribution in [0.5, 0.6) is 11.5 Å². The van der Waals surface area contributed by atoms with Crippen LogP contribution in [-0.2, 0) is 9.59 Å². The summed E-state index contributed by atoms with van der Waals surface area (Å²) in [4.78, 5) is 36.7. The van der Waals surface area contributed by atoms with Crippen molar-refractivity contribution in [1.29, 1.82) is 0 Å². The number of rotatable bonds is 1. The van der Waals surface area contributed by atoms with E-state index in [4.69, 9.17) is 0 Å². The van der Waals surface area contributed by atoms with Gasteiger partial charge in [-0.25, -0.2) is 0 Å². The first-order chi connectivity index (χ1) is 9.23. The Morgan fingerprint density at radius 2 is 1.95 bits per heavy atom. The molecule has 3 N–H and O–H groups in total. The second-order valence-electron chi connectivity index (χ2n) is 5.03. The first-order valence-corrected chi connectivity index (χ1v) is 5.91. The molecule has 1 aromatic rings. The van der Waals surface area contributed by atoms with Crippen LogP contribution in [0.2, 0.25) is 0 Å². The van der Waals surface area contributed by atoms with Crippen LogP contribution in [0.15, 0.2) is 18.2 Å². The van der Waals surface area contributed by atoms with Gasteiger partial charge in [0.2, 0.25) is 5.91 Å². The van der Waals surface area contributed by atoms with Crippen LogP contribution in [0, 0.1) is 0 Å². The third-order valence-corrected chi connectivity index (χ3v) is 3.24. The van der Waals surface area contributed by atoms with Gasteiger partial charge in [-0.2, -0.15) is 0 Å². The van der Waals surface area contributed by atoms with Gasteiger partial charge in [-0.05, 0) is 32.0 Å². The number of carbonyl (C=O) groups excluding carboxylic acids is 3. The second-order valence-corrected chi connectivity index (χ2v) is 5.03. The van der Waals surface area contributed by atoms with Gasteiger partial charge >= 0.3 is 0 Å². The van der Waals surface area contributed by atoms with Crippen molar-refractivity contribution in [1.82, 2.24) is 10.2 Å². The largest absolute Gasteiger partial charge is 0.508 e. The van der Waals surface area contributed by atoms with Crippen LogP contribution in [0.3, 0.4) is 0 Å². The van der Waals surface area contributed by atoms with Crippen LogP contribution >= 0.6 is 0 Å². The molecule has 20 heavy (non-hydrogen) atoms. The molecule has 0 atom stereocenters. The van der Waals surface area contributed by atoms with Crippen LogP contribution in [0.4, 0.5) is 0 Å². The van der Waals surface area contributed by atoms with E-state index in [1.165, 1.54) is 26.0 Å². The van der Waals surface area contributed by atoms with Crippen molar-refractivity contribution in [2.45, 2.75) is 19.4 Å². The Morgan fingerprint density at radius 3 is 2.60 bits per heavy atom. The SMILES string of the molecule is CC1(C)C(=O)NC(=O)CN1C(=O)c1cc(O)ccc1O. The Morgan fingerprint density at radius 1 is 1.30 bits per heavy atom. The zero-order valence-corrected chi connectivity index (χ0v) is 11.0. The average Bonchev–Trinajstić information content (AvgIpc) is 2.36. The van der Waals surface area contributed by atoms with E-state index in [0.29, 0.717) is 0 Å². The highest BCUT2D eigenvalue weighted by Crippen LogP contribution is 2.27. The van der Waals surface area contributed by atoms with E-state index in [1.54, 1.807) is 0 Å². The Labute approximate surface area is 114 Å². The van der Waals surface area contributed by atoms with Crippen LogP contribution in [-0.4, -0.2) is 44.9 Å². The summed E-state index contributed by atoms with van der Waals surface area (Å²) < 4.78 is 0. The van der Waals surface area contributed by atoms with Crippen molar-refractivity contribution in [3.05, 3.63) is 23.8 Å². The lowest BCUT2D eigenvalue weighted by Gasteiger charge is -2.40. The molecule has 2 rings (SSSR count). The maximum absolute atomic E-state index is 12.4. The fourth-order valence-corrected chi connectivity index (χ4v) is 1.95. The summed E-state index contributed by atoms with van der Waals surface area (Å²) in [5.74, 6) is -2.42. The third-order valence-electron chi connectivity index (χ3n) is 3.24. The molecule has 0 spiro atoms. The molecule has 1 heterocycles. The molecule has 0 radical (unpaired) electrons. The smallest absolute Gasteiger partial charge is 0.259 e. The first kappa shape index (κ1) is 13.9. The summed E-state index contributed by atoms with van der Waals surface area (Å²) in [5, 5.41) is 21.2. The maximum Gasteiger partial charge on any atom is 0.259 e. The molecule has 0 aliphatic carbocycles. The molecular formula is C13H14N2O5. The number of amides is 3. The molecular weight excluding hydrogens is 264 g/mol. The number of hydrogen-bond acceptors (Lipinski definition) is 5. The molecule has 0 aromatic heterocycles. The lowest BCUT2D eigenvalue weighted by Crippen LogP contribution is -2.65. The van der Waals surface area contributed by atoms with Gasteiger partial charge in [-0.3, -0.25) is 19.7 Å². The van der Waals surface area contributed by atoms with E-state index < -0.39 is 23.3 Å². The highest BCUT2D eigenvalue weighted by Gasteiger charge is 2.44. The summed E-state index contributed by atoms with van der Waals surface area (Å²) in [6.45, 7) is 2.69. The van der Waals surface area contributed by atoms with Crippen molar-refractivity contribution in [3.63, 3.8) is 0 Å². The molecule has 7 nitrogen and oxygen atoms in total. The zero-order chi connectivity index (χ0) is 15.1.